The van der Waals surface area contributed by atoms with Crippen molar-refractivity contribution in [3.05, 3.63) is 34.1 Å². The second kappa shape index (κ2) is 6.18. The molecule has 0 aromatic carbocycles. The molecule has 3 rings (SSSR count). The van der Waals surface area contributed by atoms with Gasteiger partial charge in [0.2, 0.25) is 0 Å². The highest BCUT2D eigenvalue weighted by atomic mass is 32.1. The van der Waals surface area contributed by atoms with E-state index in [-0.39, 0.29) is 11.3 Å². The van der Waals surface area contributed by atoms with Gasteiger partial charge in [0.05, 0.1) is 4.88 Å². The Morgan fingerprint density at radius 1 is 1.59 bits per heavy atom. The van der Waals surface area contributed by atoms with Crippen LogP contribution in [0, 0.1) is 0 Å². The molecule has 118 valence electrons. The highest BCUT2D eigenvalue weighted by Crippen LogP contribution is 2.32. The first-order chi connectivity index (χ1) is 10.6. The van der Waals surface area contributed by atoms with E-state index in [1.54, 1.807) is 7.11 Å². The number of hydrogen-bond donors (Lipinski definition) is 0. The van der Waals surface area contributed by atoms with Gasteiger partial charge in [0.1, 0.15) is 6.61 Å². The smallest absolute Gasteiger partial charge is 0.263 e. The number of amides is 1. The summed E-state index contributed by atoms with van der Waals surface area (Å²) in [6.07, 6.45) is 1.87. The number of carbonyl (C=O) groups is 1. The molecule has 1 fully saturated rings. The average molecular weight is 321 g/mol. The second-order valence-electron chi connectivity index (χ2n) is 5.81. The molecule has 6 nitrogen and oxygen atoms in total. The van der Waals surface area contributed by atoms with Crippen LogP contribution in [0.5, 0.6) is 0 Å². The lowest BCUT2D eigenvalue weighted by Crippen LogP contribution is -2.47. The van der Waals surface area contributed by atoms with Crippen LogP contribution in [0.25, 0.3) is 0 Å². The Labute approximate surface area is 133 Å². The Kier molecular flexibility index (Phi) is 4.26. The molecule has 7 heteroatoms. The molecule has 1 aliphatic heterocycles. The predicted octanol–water partition coefficient (Wildman–Crippen LogP) is 2.47. The van der Waals surface area contributed by atoms with Gasteiger partial charge in [-0.25, -0.2) is 0 Å². The molecular formula is C15H19N3O3S. The molecule has 3 heterocycles. The van der Waals surface area contributed by atoms with Crippen LogP contribution in [0.15, 0.2) is 22.0 Å². The summed E-state index contributed by atoms with van der Waals surface area (Å²) < 4.78 is 10.2. The maximum absolute atomic E-state index is 12.5. The molecule has 22 heavy (non-hydrogen) atoms. The van der Waals surface area contributed by atoms with Crippen molar-refractivity contribution in [1.82, 2.24) is 15.0 Å². The lowest BCUT2D eigenvalue weighted by Gasteiger charge is -2.38. The van der Waals surface area contributed by atoms with Crippen LogP contribution >= 0.6 is 11.3 Å². The summed E-state index contributed by atoms with van der Waals surface area (Å²) in [5, 5.41) is 6.01. The van der Waals surface area contributed by atoms with Crippen molar-refractivity contribution in [2.75, 3.05) is 20.2 Å². The average Bonchev–Trinajstić information content (AvgIpc) is 3.18. The summed E-state index contributed by atoms with van der Waals surface area (Å²) in [6.45, 7) is 3.77. The molecule has 1 saturated heterocycles. The number of rotatable bonds is 4. The van der Waals surface area contributed by atoms with Crippen LogP contribution < -0.4 is 0 Å². The number of thiophene rings is 1. The Balaban J connectivity index is 1.77. The molecule has 0 saturated carbocycles. The zero-order valence-corrected chi connectivity index (χ0v) is 13.6. The van der Waals surface area contributed by atoms with E-state index in [1.165, 1.54) is 11.3 Å². The number of nitrogens with zero attached hydrogens (tertiary/aromatic N) is 3. The summed E-state index contributed by atoms with van der Waals surface area (Å²) in [6, 6.07) is 3.77. The van der Waals surface area contributed by atoms with Crippen molar-refractivity contribution in [1.29, 1.82) is 0 Å². The molecule has 1 unspecified atom stereocenters. The number of likely N-dealkylation sites (tertiary alicyclic amines) is 1. The van der Waals surface area contributed by atoms with Crippen molar-refractivity contribution in [3.8, 4) is 0 Å². The van der Waals surface area contributed by atoms with Crippen LogP contribution in [0.4, 0.5) is 0 Å². The zero-order chi connectivity index (χ0) is 15.6. The van der Waals surface area contributed by atoms with E-state index < -0.39 is 0 Å². The largest absolute Gasteiger partial charge is 0.375 e. The van der Waals surface area contributed by atoms with Crippen LogP contribution in [-0.4, -0.2) is 41.1 Å². The lowest BCUT2D eigenvalue weighted by molar-refractivity contribution is 0.0647. The van der Waals surface area contributed by atoms with Gasteiger partial charge in [-0.1, -0.05) is 18.1 Å². The summed E-state index contributed by atoms with van der Waals surface area (Å²) >= 11 is 1.47. The van der Waals surface area contributed by atoms with Gasteiger partial charge in [-0.05, 0) is 24.3 Å². The fourth-order valence-electron chi connectivity index (χ4n) is 2.83. The molecular weight excluding hydrogens is 302 g/mol. The van der Waals surface area contributed by atoms with Crippen molar-refractivity contribution in [3.63, 3.8) is 0 Å². The van der Waals surface area contributed by atoms with Gasteiger partial charge in [-0.15, -0.1) is 11.3 Å². The van der Waals surface area contributed by atoms with Crippen molar-refractivity contribution >= 4 is 17.2 Å². The standard InChI is InChI=1S/C15H19N3O3S/c1-15(14-16-12(9-20-2)21-17-14)6-4-7-18(10-15)13(19)11-5-3-8-22-11/h3,5,8H,4,6-7,9-10H2,1-2H3. The van der Waals surface area contributed by atoms with Crippen molar-refractivity contribution < 1.29 is 14.1 Å². The fourth-order valence-corrected chi connectivity index (χ4v) is 3.52. The molecule has 0 N–H and O–H groups in total. The summed E-state index contributed by atoms with van der Waals surface area (Å²) in [4.78, 5) is 19.6. The molecule has 0 bridgehead atoms. The first-order valence-corrected chi connectivity index (χ1v) is 8.15. The number of hydrogen-bond acceptors (Lipinski definition) is 6. The summed E-state index contributed by atoms with van der Waals surface area (Å²) in [7, 11) is 1.59. The zero-order valence-electron chi connectivity index (χ0n) is 12.7. The Morgan fingerprint density at radius 3 is 3.18 bits per heavy atom. The quantitative estimate of drug-likeness (QED) is 0.865. The third-order valence-electron chi connectivity index (χ3n) is 3.99. The topological polar surface area (TPSA) is 68.5 Å². The van der Waals surface area contributed by atoms with Crippen LogP contribution in [0.3, 0.4) is 0 Å². The van der Waals surface area contributed by atoms with Gasteiger partial charge in [-0.2, -0.15) is 4.98 Å². The molecule has 1 amide bonds. The molecule has 2 aromatic heterocycles. The monoisotopic (exact) mass is 321 g/mol. The molecule has 0 spiro atoms. The van der Waals surface area contributed by atoms with Crippen LogP contribution in [0.1, 0.15) is 41.2 Å². The van der Waals surface area contributed by atoms with E-state index in [0.717, 1.165) is 24.3 Å². The van der Waals surface area contributed by atoms with E-state index in [0.29, 0.717) is 24.9 Å². The first kappa shape index (κ1) is 15.2. The maximum atomic E-state index is 12.5. The predicted molar refractivity (Wildman–Crippen MR) is 81.8 cm³/mol. The number of methoxy groups -OCH3 is 1. The number of ether oxygens (including phenoxy) is 1. The third kappa shape index (κ3) is 2.91. The van der Waals surface area contributed by atoms with E-state index in [9.17, 15) is 4.79 Å². The minimum atomic E-state index is -0.277. The van der Waals surface area contributed by atoms with Gasteiger partial charge in [0.25, 0.3) is 11.8 Å². The van der Waals surface area contributed by atoms with Gasteiger partial charge < -0.3 is 14.2 Å². The minimum Gasteiger partial charge on any atom is -0.375 e. The Morgan fingerprint density at radius 2 is 2.45 bits per heavy atom. The SMILES string of the molecule is COCc1nc(C2(C)CCCN(C(=O)c3cccs3)C2)no1. The number of piperidine rings is 1. The van der Waals surface area contributed by atoms with Gasteiger partial charge in [0.15, 0.2) is 5.82 Å². The normalized spacial score (nSPS) is 22.0. The van der Waals surface area contributed by atoms with Crippen molar-refractivity contribution in [2.45, 2.75) is 31.8 Å². The van der Waals surface area contributed by atoms with E-state index in [2.05, 4.69) is 17.1 Å². The summed E-state index contributed by atoms with van der Waals surface area (Å²) in [5.41, 5.74) is -0.277. The van der Waals surface area contributed by atoms with Crippen LogP contribution in [-0.2, 0) is 16.8 Å². The number of carbonyl (C=O) groups excluding carboxylic acids is 1. The van der Waals surface area contributed by atoms with Gasteiger partial charge in [-0.3, -0.25) is 4.79 Å². The first-order valence-electron chi connectivity index (χ1n) is 7.27. The van der Waals surface area contributed by atoms with E-state index >= 15 is 0 Å². The molecule has 0 aliphatic carbocycles. The second-order valence-corrected chi connectivity index (χ2v) is 6.76. The lowest BCUT2D eigenvalue weighted by atomic mass is 9.81. The van der Waals surface area contributed by atoms with Gasteiger partial charge >= 0.3 is 0 Å². The Bertz CT molecular complexity index is 640. The fraction of sp³-hybridized carbons (Fsp3) is 0.533. The molecule has 2 aromatic rings. The third-order valence-corrected chi connectivity index (χ3v) is 4.85. The molecule has 1 aliphatic rings. The van der Waals surface area contributed by atoms with Gasteiger partial charge in [0, 0.05) is 25.6 Å². The van der Waals surface area contributed by atoms with E-state index in [1.807, 2.05) is 22.4 Å². The minimum absolute atomic E-state index is 0.0848. The summed E-state index contributed by atoms with van der Waals surface area (Å²) in [5.74, 6) is 1.21. The van der Waals surface area contributed by atoms with E-state index in [4.69, 9.17) is 9.26 Å². The van der Waals surface area contributed by atoms with Crippen LogP contribution in [0.2, 0.25) is 0 Å². The number of aromatic nitrogens is 2. The Hall–Kier alpha value is -1.73. The highest BCUT2D eigenvalue weighted by molar-refractivity contribution is 7.12. The highest BCUT2D eigenvalue weighted by Gasteiger charge is 2.38. The maximum Gasteiger partial charge on any atom is 0.263 e. The van der Waals surface area contributed by atoms with Crippen molar-refractivity contribution in [2.24, 2.45) is 0 Å². The molecule has 0 radical (unpaired) electrons. The molecule has 1 atom stereocenters.